The van der Waals surface area contributed by atoms with Gasteiger partial charge in [-0.25, -0.2) is 4.39 Å². The Hall–Kier alpha value is -2.16. The number of hydrogen-bond donors (Lipinski definition) is 1. The van der Waals surface area contributed by atoms with Crippen molar-refractivity contribution < 1.29 is 9.18 Å². The molecule has 0 aliphatic heterocycles. The van der Waals surface area contributed by atoms with E-state index in [9.17, 15) is 9.18 Å². The summed E-state index contributed by atoms with van der Waals surface area (Å²) in [5.41, 5.74) is 3.66. The van der Waals surface area contributed by atoms with E-state index in [1.165, 1.54) is 23.3 Å². The first-order valence-corrected chi connectivity index (χ1v) is 6.80. The first-order chi connectivity index (χ1) is 9.65. The second-order valence-electron chi connectivity index (χ2n) is 5.22. The van der Waals surface area contributed by atoms with Crippen molar-refractivity contribution in [1.29, 1.82) is 0 Å². The third-order valence-corrected chi connectivity index (χ3v) is 3.88. The van der Waals surface area contributed by atoms with E-state index in [2.05, 4.69) is 11.4 Å². The van der Waals surface area contributed by atoms with E-state index in [0.717, 1.165) is 18.4 Å². The summed E-state index contributed by atoms with van der Waals surface area (Å²) < 4.78 is 13.3. The molecule has 20 heavy (non-hydrogen) atoms. The molecule has 0 heterocycles. The van der Waals surface area contributed by atoms with Gasteiger partial charge in [0.05, 0.1) is 6.04 Å². The molecule has 1 aliphatic rings. The minimum Gasteiger partial charge on any atom is -0.345 e. The van der Waals surface area contributed by atoms with Crippen LogP contribution in [-0.4, -0.2) is 5.91 Å². The molecule has 1 amide bonds. The van der Waals surface area contributed by atoms with Gasteiger partial charge in [-0.15, -0.1) is 0 Å². The van der Waals surface area contributed by atoms with Crippen LogP contribution in [0.15, 0.2) is 42.5 Å². The third-order valence-electron chi connectivity index (χ3n) is 3.88. The Balaban J connectivity index is 1.82. The maximum Gasteiger partial charge on any atom is 0.252 e. The summed E-state index contributed by atoms with van der Waals surface area (Å²) in [6.07, 6.45) is 1.88. The molecule has 1 atom stereocenters. The highest BCUT2D eigenvalue weighted by Gasteiger charge is 2.24. The van der Waals surface area contributed by atoms with Gasteiger partial charge >= 0.3 is 0 Å². The van der Waals surface area contributed by atoms with Crippen LogP contribution in [0.3, 0.4) is 0 Å². The fourth-order valence-corrected chi connectivity index (χ4v) is 2.78. The van der Waals surface area contributed by atoms with E-state index in [0.29, 0.717) is 5.56 Å². The molecule has 102 valence electrons. The maximum absolute atomic E-state index is 13.3. The summed E-state index contributed by atoms with van der Waals surface area (Å²) in [7, 11) is 0. The number of fused-ring (bicyclic) bond motifs is 1. The molecule has 0 aromatic heterocycles. The minimum atomic E-state index is -0.382. The molecule has 2 aromatic rings. The molecule has 3 heteroatoms. The Morgan fingerprint density at radius 2 is 2.05 bits per heavy atom. The van der Waals surface area contributed by atoms with Gasteiger partial charge in [-0.3, -0.25) is 4.79 Å². The number of carbonyl (C=O) groups excluding carboxylic acids is 1. The summed E-state index contributed by atoms with van der Waals surface area (Å²) in [6.45, 7) is 1.82. The Kier molecular flexibility index (Phi) is 3.26. The number of amides is 1. The smallest absolute Gasteiger partial charge is 0.252 e. The summed E-state index contributed by atoms with van der Waals surface area (Å²) in [6, 6.07) is 12.5. The monoisotopic (exact) mass is 269 g/mol. The summed E-state index contributed by atoms with van der Waals surface area (Å²) >= 11 is 0. The van der Waals surface area contributed by atoms with Crippen LogP contribution < -0.4 is 5.32 Å². The number of rotatable bonds is 2. The van der Waals surface area contributed by atoms with Crippen molar-refractivity contribution in [3.8, 4) is 0 Å². The lowest BCUT2D eigenvalue weighted by Gasteiger charge is -2.15. The fourth-order valence-electron chi connectivity index (χ4n) is 2.78. The highest BCUT2D eigenvalue weighted by atomic mass is 19.1. The second kappa shape index (κ2) is 5.08. The van der Waals surface area contributed by atoms with E-state index in [1.54, 1.807) is 6.07 Å². The number of benzene rings is 2. The van der Waals surface area contributed by atoms with Crippen LogP contribution in [0, 0.1) is 12.7 Å². The van der Waals surface area contributed by atoms with Crippen LogP contribution in [0.2, 0.25) is 0 Å². The van der Waals surface area contributed by atoms with Gasteiger partial charge in [0.1, 0.15) is 5.82 Å². The molecule has 1 N–H and O–H groups in total. The van der Waals surface area contributed by atoms with Crippen LogP contribution in [0.1, 0.15) is 39.5 Å². The number of halogens is 1. The van der Waals surface area contributed by atoms with Gasteiger partial charge in [-0.05, 0) is 48.6 Å². The number of aryl methyl sites for hydroxylation is 2. The van der Waals surface area contributed by atoms with Gasteiger partial charge in [0.2, 0.25) is 0 Å². The predicted molar refractivity (Wildman–Crippen MR) is 76.1 cm³/mol. The van der Waals surface area contributed by atoms with Crippen LogP contribution in [0.4, 0.5) is 4.39 Å². The Morgan fingerprint density at radius 3 is 2.90 bits per heavy atom. The normalized spacial score (nSPS) is 16.8. The largest absolute Gasteiger partial charge is 0.345 e. The lowest BCUT2D eigenvalue weighted by Crippen LogP contribution is -2.27. The molecule has 0 saturated carbocycles. The number of carbonyl (C=O) groups is 1. The van der Waals surface area contributed by atoms with Crippen molar-refractivity contribution >= 4 is 5.91 Å². The molecule has 1 aliphatic carbocycles. The van der Waals surface area contributed by atoms with E-state index in [1.807, 2.05) is 25.1 Å². The summed E-state index contributed by atoms with van der Waals surface area (Å²) in [5.74, 6) is -0.587. The van der Waals surface area contributed by atoms with Gasteiger partial charge in [-0.1, -0.05) is 30.3 Å². The molecule has 0 saturated heterocycles. The number of nitrogens with one attached hydrogen (secondary N) is 1. The zero-order valence-electron chi connectivity index (χ0n) is 11.3. The van der Waals surface area contributed by atoms with Crippen LogP contribution in [0.25, 0.3) is 0 Å². The first kappa shape index (κ1) is 12.9. The van der Waals surface area contributed by atoms with Crippen molar-refractivity contribution in [1.82, 2.24) is 5.32 Å². The first-order valence-electron chi connectivity index (χ1n) is 6.80. The highest BCUT2D eigenvalue weighted by Crippen LogP contribution is 2.31. The highest BCUT2D eigenvalue weighted by molar-refractivity contribution is 5.95. The standard InChI is InChI=1S/C17H16FNO/c1-11-6-8-13(18)10-15(11)17(20)19-16-9-7-12-4-2-3-5-14(12)16/h2-6,8,10,16H,7,9H2,1H3,(H,19,20). The molecule has 2 aromatic carbocycles. The fraction of sp³-hybridized carbons (Fsp3) is 0.235. The Morgan fingerprint density at radius 1 is 1.25 bits per heavy atom. The van der Waals surface area contributed by atoms with E-state index >= 15 is 0 Å². The van der Waals surface area contributed by atoms with Crippen LogP contribution in [-0.2, 0) is 6.42 Å². The van der Waals surface area contributed by atoms with E-state index < -0.39 is 0 Å². The third kappa shape index (κ3) is 2.31. The molecular formula is C17H16FNO. The SMILES string of the molecule is Cc1ccc(F)cc1C(=O)NC1CCc2ccccc21. The molecule has 0 spiro atoms. The zero-order valence-corrected chi connectivity index (χ0v) is 11.3. The lowest BCUT2D eigenvalue weighted by molar-refractivity contribution is 0.0935. The predicted octanol–water partition coefficient (Wildman–Crippen LogP) is 3.55. The molecular weight excluding hydrogens is 253 g/mol. The van der Waals surface area contributed by atoms with Gasteiger partial charge in [0, 0.05) is 5.56 Å². The minimum absolute atomic E-state index is 0.0290. The molecule has 3 rings (SSSR count). The number of hydrogen-bond acceptors (Lipinski definition) is 1. The van der Waals surface area contributed by atoms with Gasteiger partial charge in [0.25, 0.3) is 5.91 Å². The Bertz CT molecular complexity index is 666. The zero-order chi connectivity index (χ0) is 14.1. The summed E-state index contributed by atoms with van der Waals surface area (Å²) in [4.78, 5) is 12.3. The van der Waals surface area contributed by atoms with E-state index in [-0.39, 0.29) is 17.8 Å². The quantitative estimate of drug-likeness (QED) is 0.887. The molecule has 0 bridgehead atoms. The van der Waals surface area contributed by atoms with Gasteiger partial charge < -0.3 is 5.32 Å². The van der Waals surface area contributed by atoms with Crippen molar-refractivity contribution in [3.63, 3.8) is 0 Å². The topological polar surface area (TPSA) is 29.1 Å². The van der Waals surface area contributed by atoms with Gasteiger partial charge in [0.15, 0.2) is 0 Å². The molecule has 0 fully saturated rings. The van der Waals surface area contributed by atoms with Crippen molar-refractivity contribution in [2.24, 2.45) is 0 Å². The lowest BCUT2D eigenvalue weighted by atomic mass is 10.1. The Labute approximate surface area is 117 Å². The van der Waals surface area contributed by atoms with Crippen molar-refractivity contribution in [3.05, 3.63) is 70.5 Å². The maximum atomic E-state index is 13.3. The molecule has 2 nitrogen and oxygen atoms in total. The molecule has 0 radical (unpaired) electrons. The van der Waals surface area contributed by atoms with Crippen LogP contribution in [0.5, 0.6) is 0 Å². The molecule has 1 unspecified atom stereocenters. The van der Waals surface area contributed by atoms with Crippen molar-refractivity contribution in [2.45, 2.75) is 25.8 Å². The van der Waals surface area contributed by atoms with Crippen molar-refractivity contribution in [2.75, 3.05) is 0 Å². The average molecular weight is 269 g/mol. The van der Waals surface area contributed by atoms with Gasteiger partial charge in [-0.2, -0.15) is 0 Å². The average Bonchev–Trinajstić information content (AvgIpc) is 2.85. The second-order valence-corrected chi connectivity index (χ2v) is 5.22. The van der Waals surface area contributed by atoms with E-state index in [4.69, 9.17) is 0 Å². The summed E-state index contributed by atoms with van der Waals surface area (Å²) in [5, 5.41) is 3.01. The van der Waals surface area contributed by atoms with Crippen LogP contribution >= 0.6 is 0 Å².